The first-order valence-corrected chi connectivity index (χ1v) is 9.33. The number of hydrogen-bond donors (Lipinski definition) is 1. The Balaban J connectivity index is 1.49. The molecule has 0 atom stereocenters. The number of amides is 1. The number of carbonyl (C=O) groups excluding carboxylic acids is 1. The first-order chi connectivity index (χ1) is 10.3. The van der Waals surface area contributed by atoms with Crippen LogP contribution in [0.1, 0.15) is 70.6 Å². The van der Waals surface area contributed by atoms with Crippen LogP contribution in [0.5, 0.6) is 0 Å². The minimum atomic E-state index is 0.465. The quantitative estimate of drug-likeness (QED) is 0.814. The monoisotopic (exact) mass is 292 g/mol. The van der Waals surface area contributed by atoms with Gasteiger partial charge in [-0.15, -0.1) is 0 Å². The summed E-state index contributed by atoms with van der Waals surface area (Å²) in [6, 6.07) is 0.569. The van der Waals surface area contributed by atoms with E-state index in [4.69, 9.17) is 0 Å². The molecule has 3 fully saturated rings. The highest BCUT2D eigenvalue weighted by molar-refractivity contribution is 5.76. The second-order valence-electron chi connectivity index (χ2n) is 7.51. The summed E-state index contributed by atoms with van der Waals surface area (Å²) in [5.41, 5.74) is 0. The molecule has 2 saturated carbocycles. The van der Waals surface area contributed by atoms with E-state index in [0.717, 1.165) is 44.3 Å². The van der Waals surface area contributed by atoms with Crippen LogP contribution in [0.2, 0.25) is 0 Å². The zero-order valence-corrected chi connectivity index (χ0v) is 13.5. The second-order valence-corrected chi connectivity index (χ2v) is 7.51. The van der Waals surface area contributed by atoms with Gasteiger partial charge in [0.25, 0.3) is 0 Å². The summed E-state index contributed by atoms with van der Waals surface area (Å²) in [7, 11) is 0. The lowest BCUT2D eigenvalue weighted by Gasteiger charge is -2.35. The molecule has 0 aromatic carbocycles. The van der Waals surface area contributed by atoms with E-state index in [-0.39, 0.29) is 0 Å². The maximum atomic E-state index is 12.8. The predicted octanol–water partition coefficient (Wildman–Crippen LogP) is 3.34. The van der Waals surface area contributed by atoms with Gasteiger partial charge in [0.1, 0.15) is 0 Å². The third kappa shape index (κ3) is 4.70. The summed E-state index contributed by atoms with van der Waals surface area (Å²) in [4.78, 5) is 15.1. The number of rotatable bonds is 6. The van der Waals surface area contributed by atoms with Crippen molar-refractivity contribution in [3.8, 4) is 0 Å². The highest BCUT2D eigenvalue weighted by Crippen LogP contribution is 2.33. The van der Waals surface area contributed by atoms with E-state index in [0.29, 0.717) is 11.9 Å². The van der Waals surface area contributed by atoms with E-state index in [9.17, 15) is 4.79 Å². The Morgan fingerprint density at radius 2 is 1.62 bits per heavy atom. The number of carbonyl (C=O) groups is 1. The number of piperidine rings is 1. The van der Waals surface area contributed by atoms with Crippen LogP contribution in [-0.4, -0.2) is 36.5 Å². The summed E-state index contributed by atoms with van der Waals surface area (Å²) in [6.07, 6.45) is 13.7. The zero-order chi connectivity index (χ0) is 14.5. The van der Waals surface area contributed by atoms with Crippen molar-refractivity contribution < 1.29 is 4.79 Å². The summed E-state index contributed by atoms with van der Waals surface area (Å²) in [5.74, 6) is 2.08. The standard InChI is InChI=1S/C18H32N2O/c21-18(9-8-15-10-12-19-13-11-15)20(14-16-6-7-16)17-4-2-1-3-5-17/h15-17,19H,1-14H2. The van der Waals surface area contributed by atoms with Gasteiger partial charge in [-0.2, -0.15) is 0 Å². The lowest BCUT2D eigenvalue weighted by Crippen LogP contribution is -2.43. The van der Waals surface area contributed by atoms with Crippen LogP contribution in [0.3, 0.4) is 0 Å². The average Bonchev–Trinajstić information content (AvgIpc) is 3.36. The molecule has 0 aromatic heterocycles. The van der Waals surface area contributed by atoms with Gasteiger partial charge in [-0.1, -0.05) is 19.3 Å². The highest BCUT2D eigenvalue weighted by atomic mass is 16.2. The van der Waals surface area contributed by atoms with E-state index < -0.39 is 0 Å². The van der Waals surface area contributed by atoms with Crippen LogP contribution in [0, 0.1) is 11.8 Å². The molecule has 2 aliphatic carbocycles. The second kappa shape index (κ2) is 7.62. The van der Waals surface area contributed by atoms with Gasteiger partial charge < -0.3 is 10.2 Å². The molecule has 3 aliphatic rings. The fourth-order valence-corrected chi connectivity index (χ4v) is 4.07. The molecule has 1 saturated heterocycles. The molecular formula is C18H32N2O. The number of hydrogen-bond acceptors (Lipinski definition) is 2. The van der Waals surface area contributed by atoms with Crippen LogP contribution in [0.4, 0.5) is 0 Å². The van der Waals surface area contributed by atoms with Crippen molar-refractivity contribution in [2.24, 2.45) is 11.8 Å². The summed E-state index contributed by atoms with van der Waals surface area (Å²) >= 11 is 0. The molecule has 21 heavy (non-hydrogen) atoms. The van der Waals surface area contributed by atoms with Gasteiger partial charge in [0, 0.05) is 19.0 Å². The number of nitrogens with one attached hydrogen (secondary N) is 1. The minimum absolute atomic E-state index is 0.465. The van der Waals surface area contributed by atoms with Crippen molar-refractivity contribution in [1.29, 1.82) is 0 Å². The van der Waals surface area contributed by atoms with E-state index in [1.807, 2.05) is 0 Å². The molecule has 3 nitrogen and oxygen atoms in total. The molecule has 0 bridgehead atoms. The molecule has 3 heteroatoms. The fraction of sp³-hybridized carbons (Fsp3) is 0.944. The van der Waals surface area contributed by atoms with Crippen LogP contribution in [0.25, 0.3) is 0 Å². The average molecular weight is 292 g/mol. The number of nitrogens with zero attached hydrogens (tertiary/aromatic N) is 1. The summed E-state index contributed by atoms with van der Waals surface area (Å²) in [5, 5.41) is 3.42. The predicted molar refractivity (Wildman–Crippen MR) is 86.1 cm³/mol. The fourth-order valence-electron chi connectivity index (χ4n) is 4.07. The topological polar surface area (TPSA) is 32.3 Å². The van der Waals surface area contributed by atoms with Crippen LogP contribution in [0.15, 0.2) is 0 Å². The maximum Gasteiger partial charge on any atom is 0.222 e. The Labute approximate surface area is 129 Å². The van der Waals surface area contributed by atoms with Crippen LogP contribution >= 0.6 is 0 Å². The van der Waals surface area contributed by atoms with E-state index in [2.05, 4.69) is 10.2 Å². The smallest absolute Gasteiger partial charge is 0.222 e. The third-order valence-electron chi connectivity index (χ3n) is 5.71. The summed E-state index contributed by atoms with van der Waals surface area (Å²) < 4.78 is 0. The van der Waals surface area contributed by atoms with Crippen molar-refractivity contribution >= 4 is 5.91 Å². The van der Waals surface area contributed by atoms with Crippen LogP contribution < -0.4 is 5.32 Å². The van der Waals surface area contributed by atoms with Crippen molar-refractivity contribution in [2.45, 2.75) is 76.7 Å². The Hall–Kier alpha value is -0.570. The first-order valence-electron chi connectivity index (χ1n) is 9.33. The Morgan fingerprint density at radius 3 is 2.29 bits per heavy atom. The Bertz CT molecular complexity index is 328. The van der Waals surface area contributed by atoms with Gasteiger partial charge in [-0.05, 0) is 69.9 Å². The van der Waals surface area contributed by atoms with Crippen molar-refractivity contribution in [3.05, 3.63) is 0 Å². The lowest BCUT2D eigenvalue weighted by atomic mass is 9.91. The molecule has 0 radical (unpaired) electrons. The SMILES string of the molecule is O=C(CCC1CCNCC1)N(CC1CC1)C1CCCCC1. The molecular weight excluding hydrogens is 260 g/mol. The van der Waals surface area contributed by atoms with Gasteiger partial charge in [0.2, 0.25) is 5.91 Å². The molecule has 120 valence electrons. The largest absolute Gasteiger partial charge is 0.339 e. The van der Waals surface area contributed by atoms with E-state index in [1.165, 1.54) is 57.8 Å². The van der Waals surface area contributed by atoms with Gasteiger partial charge in [-0.25, -0.2) is 0 Å². The Kier molecular flexibility index (Phi) is 5.56. The Morgan fingerprint density at radius 1 is 0.905 bits per heavy atom. The maximum absolute atomic E-state index is 12.8. The zero-order valence-electron chi connectivity index (χ0n) is 13.5. The molecule has 0 aromatic rings. The van der Waals surface area contributed by atoms with Crippen molar-refractivity contribution in [2.75, 3.05) is 19.6 Å². The summed E-state index contributed by atoms with van der Waals surface area (Å²) in [6.45, 7) is 3.36. The van der Waals surface area contributed by atoms with E-state index in [1.54, 1.807) is 0 Å². The van der Waals surface area contributed by atoms with Crippen molar-refractivity contribution in [3.63, 3.8) is 0 Å². The van der Waals surface area contributed by atoms with E-state index >= 15 is 0 Å². The molecule has 1 amide bonds. The van der Waals surface area contributed by atoms with Crippen molar-refractivity contribution in [1.82, 2.24) is 10.2 Å². The molecule has 1 heterocycles. The van der Waals surface area contributed by atoms with Gasteiger partial charge >= 0.3 is 0 Å². The molecule has 0 unspecified atom stereocenters. The van der Waals surface area contributed by atoms with Gasteiger partial charge in [0.05, 0.1) is 0 Å². The minimum Gasteiger partial charge on any atom is -0.339 e. The molecule has 3 rings (SSSR count). The van der Waals surface area contributed by atoms with Gasteiger partial charge in [0.15, 0.2) is 0 Å². The first kappa shape index (κ1) is 15.3. The normalized spacial score (nSPS) is 25.0. The van der Waals surface area contributed by atoms with Crippen LogP contribution in [-0.2, 0) is 4.79 Å². The highest BCUT2D eigenvalue weighted by Gasteiger charge is 2.31. The molecule has 1 aliphatic heterocycles. The van der Waals surface area contributed by atoms with Gasteiger partial charge in [-0.3, -0.25) is 4.79 Å². The molecule has 1 N–H and O–H groups in total. The lowest BCUT2D eigenvalue weighted by molar-refractivity contribution is -0.134. The molecule has 0 spiro atoms. The third-order valence-corrected chi connectivity index (χ3v) is 5.71.